The molecule has 4 nitrogen and oxygen atoms in total. The van der Waals surface area contributed by atoms with E-state index in [0.717, 1.165) is 25.2 Å². The summed E-state index contributed by atoms with van der Waals surface area (Å²) < 4.78 is 0. The fraction of sp³-hybridized carbons (Fsp3) is 0.333. The lowest BCUT2D eigenvalue weighted by molar-refractivity contribution is 0.0953. The van der Waals surface area contributed by atoms with Crippen LogP contribution in [0.2, 0.25) is 0 Å². The molecule has 0 radical (unpaired) electrons. The molecule has 22 heavy (non-hydrogen) atoms. The van der Waals surface area contributed by atoms with Gasteiger partial charge in [0.05, 0.1) is 5.56 Å². The number of hydrogen-bond donors (Lipinski definition) is 2. The monoisotopic (exact) mass is 297 g/mol. The molecular weight excluding hydrogens is 274 g/mol. The molecule has 0 spiro atoms. The second kappa shape index (κ2) is 8.17. The Kier molecular flexibility index (Phi) is 5.95. The fourth-order valence-electron chi connectivity index (χ4n) is 2.13. The van der Waals surface area contributed by atoms with Gasteiger partial charge in [0.15, 0.2) is 0 Å². The van der Waals surface area contributed by atoms with Crippen molar-refractivity contribution < 1.29 is 4.79 Å². The molecule has 0 aliphatic carbocycles. The van der Waals surface area contributed by atoms with Crippen LogP contribution in [0.25, 0.3) is 0 Å². The van der Waals surface area contributed by atoms with Gasteiger partial charge in [-0.2, -0.15) is 0 Å². The van der Waals surface area contributed by atoms with Crippen LogP contribution < -0.4 is 10.6 Å². The maximum absolute atomic E-state index is 11.9. The van der Waals surface area contributed by atoms with Crippen molar-refractivity contribution in [3.05, 3.63) is 59.3 Å². The first-order valence-corrected chi connectivity index (χ1v) is 7.72. The molecule has 0 saturated heterocycles. The van der Waals surface area contributed by atoms with Crippen LogP contribution in [-0.4, -0.2) is 17.4 Å². The summed E-state index contributed by atoms with van der Waals surface area (Å²) >= 11 is 0. The topological polar surface area (TPSA) is 54.0 Å². The summed E-state index contributed by atoms with van der Waals surface area (Å²) in [6, 6.07) is 12.0. The number of carbonyl (C=O) groups is 1. The van der Waals surface area contributed by atoms with Crippen molar-refractivity contribution in [2.75, 3.05) is 11.9 Å². The first-order chi connectivity index (χ1) is 10.7. The molecule has 0 unspecified atom stereocenters. The average molecular weight is 297 g/mol. The highest BCUT2D eigenvalue weighted by Crippen LogP contribution is 2.09. The summed E-state index contributed by atoms with van der Waals surface area (Å²) in [5, 5.41) is 6.15. The zero-order valence-corrected chi connectivity index (χ0v) is 13.2. The third-order valence-corrected chi connectivity index (χ3v) is 3.40. The van der Waals surface area contributed by atoms with Crippen LogP contribution in [0.5, 0.6) is 0 Å². The number of anilines is 1. The SMILES string of the molecule is CCCCNC(=O)c1ccc(NCc2cccc(C)c2)nc1. The molecule has 0 bridgehead atoms. The zero-order valence-electron chi connectivity index (χ0n) is 13.2. The van der Waals surface area contributed by atoms with Crippen LogP contribution in [0.4, 0.5) is 5.82 Å². The minimum Gasteiger partial charge on any atom is -0.366 e. The van der Waals surface area contributed by atoms with Gasteiger partial charge in [0, 0.05) is 19.3 Å². The summed E-state index contributed by atoms with van der Waals surface area (Å²) in [6.45, 7) is 5.61. The molecule has 1 amide bonds. The molecule has 1 aromatic heterocycles. The standard InChI is InChI=1S/C18H23N3O/c1-3-4-10-19-18(22)16-8-9-17(21-13-16)20-12-15-7-5-6-14(2)11-15/h5-9,11,13H,3-4,10,12H2,1-2H3,(H,19,22)(H,20,21). The minimum atomic E-state index is -0.0637. The van der Waals surface area contributed by atoms with E-state index in [0.29, 0.717) is 12.1 Å². The van der Waals surface area contributed by atoms with E-state index in [1.54, 1.807) is 12.3 Å². The first-order valence-electron chi connectivity index (χ1n) is 7.72. The number of benzene rings is 1. The van der Waals surface area contributed by atoms with Gasteiger partial charge in [-0.3, -0.25) is 4.79 Å². The number of nitrogens with zero attached hydrogens (tertiary/aromatic N) is 1. The lowest BCUT2D eigenvalue weighted by atomic mass is 10.1. The summed E-state index contributed by atoms with van der Waals surface area (Å²) in [7, 11) is 0. The lowest BCUT2D eigenvalue weighted by Gasteiger charge is -2.08. The van der Waals surface area contributed by atoms with Gasteiger partial charge >= 0.3 is 0 Å². The summed E-state index contributed by atoms with van der Waals surface area (Å²) in [5.41, 5.74) is 3.05. The molecule has 0 fully saturated rings. The molecule has 0 saturated carbocycles. The van der Waals surface area contributed by atoms with Gasteiger partial charge in [-0.15, -0.1) is 0 Å². The zero-order chi connectivity index (χ0) is 15.8. The molecular formula is C18H23N3O. The largest absolute Gasteiger partial charge is 0.366 e. The van der Waals surface area contributed by atoms with Crippen molar-refractivity contribution >= 4 is 11.7 Å². The summed E-state index contributed by atoms with van der Waals surface area (Å²) in [6.07, 6.45) is 3.68. The second-order valence-electron chi connectivity index (χ2n) is 5.38. The van der Waals surface area contributed by atoms with E-state index in [4.69, 9.17) is 0 Å². The number of pyridine rings is 1. The number of nitrogens with one attached hydrogen (secondary N) is 2. The number of unbranched alkanes of at least 4 members (excludes halogenated alkanes) is 1. The van der Waals surface area contributed by atoms with E-state index in [9.17, 15) is 4.79 Å². The Morgan fingerprint density at radius 1 is 1.23 bits per heavy atom. The number of amides is 1. The Hall–Kier alpha value is -2.36. The molecule has 1 heterocycles. The van der Waals surface area contributed by atoms with Crippen molar-refractivity contribution in [3.63, 3.8) is 0 Å². The minimum absolute atomic E-state index is 0.0637. The predicted molar refractivity (Wildman–Crippen MR) is 90.0 cm³/mol. The third kappa shape index (κ3) is 4.88. The van der Waals surface area contributed by atoms with Crippen LogP contribution in [-0.2, 0) is 6.54 Å². The maximum Gasteiger partial charge on any atom is 0.252 e. The van der Waals surface area contributed by atoms with E-state index in [1.807, 2.05) is 12.1 Å². The van der Waals surface area contributed by atoms with Gasteiger partial charge in [0.2, 0.25) is 0 Å². The van der Waals surface area contributed by atoms with Crippen LogP contribution in [0, 0.1) is 6.92 Å². The Morgan fingerprint density at radius 2 is 2.09 bits per heavy atom. The van der Waals surface area contributed by atoms with Gasteiger partial charge in [-0.25, -0.2) is 4.98 Å². The smallest absolute Gasteiger partial charge is 0.252 e. The molecule has 4 heteroatoms. The van der Waals surface area contributed by atoms with Crippen LogP contribution in [0.1, 0.15) is 41.3 Å². The molecule has 0 aliphatic rings. The number of aromatic nitrogens is 1. The molecule has 2 N–H and O–H groups in total. The van der Waals surface area contributed by atoms with E-state index in [1.165, 1.54) is 11.1 Å². The van der Waals surface area contributed by atoms with Gasteiger partial charge in [0.25, 0.3) is 5.91 Å². The Morgan fingerprint density at radius 3 is 2.77 bits per heavy atom. The van der Waals surface area contributed by atoms with E-state index in [2.05, 4.69) is 47.7 Å². The predicted octanol–water partition coefficient (Wildman–Crippen LogP) is 3.53. The molecule has 1 aromatic carbocycles. The van der Waals surface area contributed by atoms with Gasteiger partial charge in [0.1, 0.15) is 5.82 Å². The highest BCUT2D eigenvalue weighted by Gasteiger charge is 2.05. The van der Waals surface area contributed by atoms with Crippen LogP contribution >= 0.6 is 0 Å². The van der Waals surface area contributed by atoms with E-state index in [-0.39, 0.29) is 5.91 Å². The average Bonchev–Trinajstić information content (AvgIpc) is 2.54. The number of hydrogen-bond acceptors (Lipinski definition) is 3. The lowest BCUT2D eigenvalue weighted by Crippen LogP contribution is -2.24. The number of carbonyl (C=O) groups excluding carboxylic acids is 1. The molecule has 2 aromatic rings. The van der Waals surface area contributed by atoms with Crippen LogP contribution in [0.3, 0.4) is 0 Å². The molecule has 0 atom stereocenters. The molecule has 2 rings (SSSR count). The van der Waals surface area contributed by atoms with Crippen molar-refractivity contribution in [1.82, 2.24) is 10.3 Å². The van der Waals surface area contributed by atoms with Crippen molar-refractivity contribution in [2.24, 2.45) is 0 Å². The number of aryl methyl sites for hydroxylation is 1. The summed E-state index contributed by atoms with van der Waals surface area (Å²) in [5.74, 6) is 0.706. The van der Waals surface area contributed by atoms with Crippen molar-refractivity contribution in [2.45, 2.75) is 33.2 Å². The molecule has 0 aliphatic heterocycles. The number of rotatable bonds is 7. The Bertz CT molecular complexity index is 608. The van der Waals surface area contributed by atoms with Gasteiger partial charge in [-0.1, -0.05) is 43.2 Å². The Balaban J connectivity index is 1.87. The highest BCUT2D eigenvalue weighted by molar-refractivity contribution is 5.94. The van der Waals surface area contributed by atoms with Crippen LogP contribution in [0.15, 0.2) is 42.6 Å². The van der Waals surface area contributed by atoms with Gasteiger partial charge in [-0.05, 0) is 31.0 Å². The maximum atomic E-state index is 11.9. The van der Waals surface area contributed by atoms with E-state index < -0.39 is 0 Å². The highest BCUT2D eigenvalue weighted by atomic mass is 16.1. The van der Waals surface area contributed by atoms with Crippen molar-refractivity contribution in [3.8, 4) is 0 Å². The molecule has 116 valence electrons. The second-order valence-corrected chi connectivity index (χ2v) is 5.38. The normalized spacial score (nSPS) is 10.3. The summed E-state index contributed by atoms with van der Waals surface area (Å²) in [4.78, 5) is 16.2. The Labute approximate surface area is 132 Å². The fourth-order valence-corrected chi connectivity index (χ4v) is 2.13. The first kappa shape index (κ1) is 16.0. The van der Waals surface area contributed by atoms with Crippen molar-refractivity contribution in [1.29, 1.82) is 0 Å². The van der Waals surface area contributed by atoms with E-state index >= 15 is 0 Å². The third-order valence-electron chi connectivity index (χ3n) is 3.40. The quantitative estimate of drug-likeness (QED) is 0.769. The van der Waals surface area contributed by atoms with Gasteiger partial charge < -0.3 is 10.6 Å².